The SMILES string of the molecule is COc1ccc2oc3c(=O)cc(-c4csc(C(C)C)n4)[nH]c3c2c1Cl. The summed E-state index contributed by atoms with van der Waals surface area (Å²) in [4.78, 5) is 20.4. The molecule has 0 saturated heterocycles. The molecule has 0 aliphatic heterocycles. The van der Waals surface area contributed by atoms with Gasteiger partial charge in [-0.3, -0.25) is 4.79 Å². The number of rotatable bonds is 3. The third kappa shape index (κ3) is 2.53. The molecule has 5 nitrogen and oxygen atoms in total. The Balaban J connectivity index is 2.02. The first-order valence-corrected chi connectivity index (χ1v) is 9.03. The molecule has 1 N–H and O–H groups in total. The van der Waals surface area contributed by atoms with Crippen molar-refractivity contribution in [2.24, 2.45) is 0 Å². The van der Waals surface area contributed by atoms with Crippen LogP contribution in [0.2, 0.25) is 5.02 Å². The Labute approximate surface area is 152 Å². The lowest BCUT2D eigenvalue weighted by molar-refractivity contribution is 0.415. The van der Waals surface area contributed by atoms with Crippen molar-refractivity contribution in [3.63, 3.8) is 0 Å². The van der Waals surface area contributed by atoms with E-state index in [2.05, 4.69) is 23.8 Å². The molecule has 0 bridgehead atoms. The van der Waals surface area contributed by atoms with Gasteiger partial charge < -0.3 is 14.1 Å². The number of benzene rings is 1. The zero-order valence-electron chi connectivity index (χ0n) is 13.8. The summed E-state index contributed by atoms with van der Waals surface area (Å²) in [5, 5.41) is 4.01. The highest BCUT2D eigenvalue weighted by molar-refractivity contribution is 7.10. The molecule has 0 atom stereocenters. The van der Waals surface area contributed by atoms with Gasteiger partial charge in [0.2, 0.25) is 5.43 Å². The number of thiazole rings is 1. The van der Waals surface area contributed by atoms with Crippen LogP contribution in [-0.2, 0) is 0 Å². The third-order valence-corrected chi connectivity index (χ3v) is 5.55. The van der Waals surface area contributed by atoms with Crippen molar-refractivity contribution < 1.29 is 9.15 Å². The number of fused-ring (bicyclic) bond motifs is 3. The molecular formula is C18H15ClN2O3S. The normalized spacial score (nSPS) is 11.7. The maximum absolute atomic E-state index is 12.5. The molecule has 0 aliphatic carbocycles. The summed E-state index contributed by atoms with van der Waals surface area (Å²) in [6.07, 6.45) is 0. The maximum Gasteiger partial charge on any atom is 0.225 e. The molecule has 0 unspecified atom stereocenters. The summed E-state index contributed by atoms with van der Waals surface area (Å²) in [6.45, 7) is 4.17. The van der Waals surface area contributed by atoms with Gasteiger partial charge in [0.15, 0.2) is 5.58 Å². The molecule has 1 aromatic carbocycles. The Bertz CT molecular complexity index is 1160. The fourth-order valence-corrected chi connectivity index (χ4v) is 3.93. The summed E-state index contributed by atoms with van der Waals surface area (Å²) < 4.78 is 11.0. The van der Waals surface area contributed by atoms with Crippen LogP contribution < -0.4 is 10.2 Å². The van der Waals surface area contributed by atoms with E-state index in [9.17, 15) is 4.79 Å². The molecule has 4 rings (SSSR count). The first-order chi connectivity index (χ1) is 12.0. The van der Waals surface area contributed by atoms with Crippen LogP contribution in [0.25, 0.3) is 33.5 Å². The molecule has 3 heterocycles. The second kappa shape index (κ2) is 5.89. The smallest absolute Gasteiger partial charge is 0.225 e. The summed E-state index contributed by atoms with van der Waals surface area (Å²) in [6, 6.07) is 4.97. The quantitative estimate of drug-likeness (QED) is 0.536. The molecule has 0 saturated carbocycles. The molecular weight excluding hydrogens is 360 g/mol. The van der Waals surface area contributed by atoms with Gasteiger partial charge in [0, 0.05) is 17.4 Å². The average molecular weight is 375 g/mol. The fourth-order valence-electron chi connectivity index (χ4n) is 2.76. The van der Waals surface area contributed by atoms with E-state index in [4.69, 9.17) is 20.8 Å². The van der Waals surface area contributed by atoms with Gasteiger partial charge in [0.1, 0.15) is 11.3 Å². The Hall–Kier alpha value is -2.31. The van der Waals surface area contributed by atoms with Crippen molar-refractivity contribution in [2.45, 2.75) is 19.8 Å². The number of pyridine rings is 1. The highest BCUT2D eigenvalue weighted by atomic mass is 35.5. The monoisotopic (exact) mass is 374 g/mol. The second-order valence-electron chi connectivity index (χ2n) is 6.03. The summed E-state index contributed by atoms with van der Waals surface area (Å²) in [5.41, 5.74) is 2.50. The summed E-state index contributed by atoms with van der Waals surface area (Å²) >= 11 is 8.01. The van der Waals surface area contributed by atoms with Crippen LogP contribution in [0, 0.1) is 0 Å². The number of nitrogens with one attached hydrogen (secondary N) is 1. The molecule has 0 radical (unpaired) electrons. The van der Waals surface area contributed by atoms with Crippen LogP contribution in [0.3, 0.4) is 0 Å². The van der Waals surface area contributed by atoms with Crippen molar-refractivity contribution in [2.75, 3.05) is 7.11 Å². The van der Waals surface area contributed by atoms with Crippen LogP contribution >= 0.6 is 22.9 Å². The summed E-state index contributed by atoms with van der Waals surface area (Å²) in [7, 11) is 1.55. The van der Waals surface area contributed by atoms with E-state index >= 15 is 0 Å². The highest BCUT2D eigenvalue weighted by Crippen LogP contribution is 2.38. The Morgan fingerprint density at radius 3 is 2.84 bits per heavy atom. The van der Waals surface area contributed by atoms with Crippen molar-refractivity contribution in [3.05, 3.63) is 43.8 Å². The largest absolute Gasteiger partial charge is 0.495 e. The number of aromatic nitrogens is 2. The van der Waals surface area contributed by atoms with Gasteiger partial charge in [-0.1, -0.05) is 25.4 Å². The lowest BCUT2D eigenvalue weighted by Gasteiger charge is -2.03. The molecule has 3 aromatic heterocycles. The number of hydrogen-bond acceptors (Lipinski definition) is 5. The Morgan fingerprint density at radius 1 is 1.36 bits per heavy atom. The van der Waals surface area contributed by atoms with Crippen LogP contribution in [0.15, 0.2) is 32.8 Å². The zero-order valence-corrected chi connectivity index (χ0v) is 15.4. The van der Waals surface area contributed by atoms with Crippen molar-refractivity contribution in [1.29, 1.82) is 0 Å². The molecule has 0 aliphatic rings. The molecule has 0 fully saturated rings. The van der Waals surface area contributed by atoms with E-state index in [0.717, 1.165) is 10.7 Å². The van der Waals surface area contributed by atoms with Crippen molar-refractivity contribution in [3.8, 4) is 17.1 Å². The van der Waals surface area contributed by atoms with Crippen LogP contribution in [0.5, 0.6) is 5.75 Å². The van der Waals surface area contributed by atoms with Gasteiger partial charge in [0.25, 0.3) is 0 Å². The maximum atomic E-state index is 12.5. The van der Waals surface area contributed by atoms with Gasteiger partial charge in [-0.25, -0.2) is 4.98 Å². The standard InChI is InChI=1S/C18H15ClN2O3S/c1-8(2)18-21-10(7-25-18)9-6-11(22)17-16(20-9)14-12(24-17)4-5-13(23-3)15(14)19/h4-8H,1-3H3,(H,20,22). The van der Waals surface area contributed by atoms with Gasteiger partial charge in [0.05, 0.1) is 39.4 Å². The molecule has 0 spiro atoms. The van der Waals surface area contributed by atoms with E-state index in [1.807, 2.05) is 5.38 Å². The van der Waals surface area contributed by atoms with Gasteiger partial charge in [-0.05, 0) is 12.1 Å². The van der Waals surface area contributed by atoms with Crippen LogP contribution in [-0.4, -0.2) is 17.1 Å². The van der Waals surface area contributed by atoms with E-state index in [0.29, 0.717) is 38.9 Å². The number of halogens is 1. The van der Waals surface area contributed by atoms with E-state index in [1.165, 1.54) is 6.07 Å². The fraction of sp³-hybridized carbons (Fsp3) is 0.222. The lowest BCUT2D eigenvalue weighted by atomic mass is 10.2. The Morgan fingerprint density at radius 2 is 2.16 bits per heavy atom. The minimum Gasteiger partial charge on any atom is -0.495 e. The van der Waals surface area contributed by atoms with E-state index in [-0.39, 0.29) is 11.0 Å². The Kier molecular flexibility index (Phi) is 3.81. The molecule has 128 valence electrons. The molecule has 25 heavy (non-hydrogen) atoms. The van der Waals surface area contributed by atoms with Crippen LogP contribution in [0.1, 0.15) is 24.8 Å². The van der Waals surface area contributed by atoms with Crippen molar-refractivity contribution in [1.82, 2.24) is 9.97 Å². The van der Waals surface area contributed by atoms with Gasteiger partial charge >= 0.3 is 0 Å². The highest BCUT2D eigenvalue weighted by Gasteiger charge is 2.18. The van der Waals surface area contributed by atoms with Gasteiger partial charge in [-0.2, -0.15) is 0 Å². The first kappa shape index (κ1) is 16.2. The number of nitrogens with zero attached hydrogens (tertiary/aromatic N) is 1. The molecule has 4 aromatic rings. The number of hydrogen-bond donors (Lipinski definition) is 1. The number of furan rings is 1. The molecule has 7 heteroatoms. The topological polar surface area (TPSA) is 68.1 Å². The van der Waals surface area contributed by atoms with Crippen molar-refractivity contribution >= 4 is 45.0 Å². The minimum absolute atomic E-state index is 0.214. The second-order valence-corrected chi connectivity index (χ2v) is 7.30. The van der Waals surface area contributed by atoms with E-state index in [1.54, 1.807) is 30.6 Å². The average Bonchev–Trinajstić information content (AvgIpc) is 3.20. The third-order valence-electron chi connectivity index (χ3n) is 4.03. The summed E-state index contributed by atoms with van der Waals surface area (Å²) in [5.74, 6) is 0.863. The number of H-pyrrole nitrogens is 1. The lowest BCUT2D eigenvalue weighted by Crippen LogP contribution is -2.01. The first-order valence-electron chi connectivity index (χ1n) is 7.77. The van der Waals surface area contributed by atoms with E-state index < -0.39 is 0 Å². The van der Waals surface area contributed by atoms with Gasteiger partial charge in [-0.15, -0.1) is 11.3 Å². The predicted molar refractivity (Wildman–Crippen MR) is 101 cm³/mol. The van der Waals surface area contributed by atoms with Crippen LogP contribution in [0.4, 0.5) is 0 Å². The number of aromatic amines is 1. The minimum atomic E-state index is -0.214. The zero-order chi connectivity index (χ0) is 17.7. The number of methoxy groups -OCH3 is 1. The molecule has 0 amide bonds. The predicted octanol–water partition coefficient (Wildman–Crippen LogP) is 5.18. The number of ether oxygens (including phenoxy) is 1.